The average Bonchev–Trinajstić information content (AvgIpc) is 3.17. The lowest BCUT2D eigenvalue weighted by Crippen LogP contribution is -2.40. The topological polar surface area (TPSA) is 106 Å². The fourth-order valence-electron chi connectivity index (χ4n) is 3.70. The molecule has 1 aliphatic rings. The number of nitrogens with one attached hydrogen (secondary N) is 1. The molecule has 4 rings (SSSR count). The van der Waals surface area contributed by atoms with Crippen molar-refractivity contribution in [2.24, 2.45) is 0 Å². The number of carbonyl (C=O) groups excluding carboxylic acids is 1. The van der Waals surface area contributed by atoms with Gasteiger partial charge in [0, 0.05) is 18.4 Å². The van der Waals surface area contributed by atoms with Crippen molar-refractivity contribution in [3.8, 4) is 17.6 Å². The lowest BCUT2D eigenvalue weighted by molar-refractivity contribution is 0.0889. The number of nitrogens with zero attached hydrogens (tertiary/aromatic N) is 5. The fraction of sp³-hybridized carbons (Fsp3) is 0.318. The number of benzene rings is 1. The Bertz CT molecular complexity index is 1060. The number of carbonyl (C=O) groups is 1. The van der Waals surface area contributed by atoms with Crippen LogP contribution in [0.4, 0.5) is 0 Å². The van der Waals surface area contributed by atoms with Gasteiger partial charge >= 0.3 is 0 Å². The highest BCUT2D eigenvalue weighted by molar-refractivity contribution is 5.95. The molecule has 1 aromatic carbocycles. The summed E-state index contributed by atoms with van der Waals surface area (Å²) in [4.78, 5) is 20.9. The maximum Gasteiger partial charge on any atom is 0.254 e. The molecule has 2 heterocycles. The normalized spacial score (nSPS) is 18.4. The van der Waals surface area contributed by atoms with Crippen molar-refractivity contribution in [2.45, 2.75) is 44.8 Å². The van der Waals surface area contributed by atoms with E-state index < -0.39 is 0 Å². The second kappa shape index (κ2) is 8.74. The Morgan fingerprint density at radius 3 is 2.63 bits per heavy atom. The summed E-state index contributed by atoms with van der Waals surface area (Å²) in [5, 5.41) is 16.6. The van der Waals surface area contributed by atoms with E-state index in [0.717, 1.165) is 37.1 Å². The molecule has 3 aromatic rings. The summed E-state index contributed by atoms with van der Waals surface area (Å²) in [5.74, 6) is 0.163. The van der Waals surface area contributed by atoms with Gasteiger partial charge in [0.2, 0.25) is 5.69 Å². The largest absolute Gasteiger partial charge is 0.472 e. The molecule has 0 unspecified atom stereocenters. The Balaban J connectivity index is 1.34. The minimum atomic E-state index is -0.111. The van der Waals surface area contributed by atoms with E-state index in [-0.39, 0.29) is 29.6 Å². The van der Waals surface area contributed by atoms with Crippen LogP contribution in [0.1, 0.15) is 47.4 Å². The van der Waals surface area contributed by atoms with Gasteiger partial charge in [0.15, 0.2) is 0 Å². The molecule has 0 aliphatic heterocycles. The van der Waals surface area contributed by atoms with Gasteiger partial charge in [0.1, 0.15) is 12.2 Å². The Morgan fingerprint density at radius 1 is 1.17 bits per heavy atom. The Labute approximate surface area is 174 Å². The molecule has 0 radical (unpaired) electrons. The van der Waals surface area contributed by atoms with E-state index >= 15 is 0 Å². The highest BCUT2D eigenvalue weighted by Crippen LogP contribution is 2.24. The number of hydrogen-bond acceptors (Lipinski definition) is 6. The number of rotatable bonds is 5. The molecule has 8 nitrogen and oxygen atoms in total. The van der Waals surface area contributed by atoms with Crippen molar-refractivity contribution in [1.82, 2.24) is 25.1 Å². The van der Waals surface area contributed by atoms with Crippen LogP contribution >= 0.6 is 0 Å². The van der Waals surface area contributed by atoms with Crippen LogP contribution in [-0.2, 0) is 0 Å². The highest BCUT2D eigenvalue weighted by atomic mass is 16.5. The predicted octanol–water partition coefficient (Wildman–Crippen LogP) is 2.96. The van der Waals surface area contributed by atoms with Gasteiger partial charge in [0.25, 0.3) is 11.8 Å². The molecule has 1 aliphatic carbocycles. The maximum atomic E-state index is 12.8. The third-order valence-corrected chi connectivity index (χ3v) is 5.31. The number of para-hydroxylation sites is 1. The second-order valence-electron chi connectivity index (χ2n) is 7.28. The monoisotopic (exact) mass is 402 g/mol. The Hall–Kier alpha value is -3.73. The van der Waals surface area contributed by atoms with E-state index in [4.69, 9.17) is 10.00 Å². The zero-order valence-corrected chi connectivity index (χ0v) is 16.7. The van der Waals surface area contributed by atoms with Crippen molar-refractivity contribution in [3.05, 3.63) is 65.9 Å². The number of amides is 1. The van der Waals surface area contributed by atoms with Crippen LogP contribution in [0.5, 0.6) is 5.88 Å². The van der Waals surface area contributed by atoms with Crippen molar-refractivity contribution in [2.75, 3.05) is 0 Å². The Morgan fingerprint density at radius 2 is 1.90 bits per heavy atom. The average molecular weight is 402 g/mol. The van der Waals surface area contributed by atoms with Gasteiger partial charge in [-0.15, -0.1) is 0 Å². The molecule has 30 heavy (non-hydrogen) atoms. The van der Waals surface area contributed by atoms with Gasteiger partial charge < -0.3 is 10.1 Å². The predicted molar refractivity (Wildman–Crippen MR) is 109 cm³/mol. The first-order valence-electron chi connectivity index (χ1n) is 9.94. The first-order chi connectivity index (χ1) is 14.7. The summed E-state index contributed by atoms with van der Waals surface area (Å²) in [6.07, 6.45) is 7.70. The quantitative estimate of drug-likeness (QED) is 0.703. The van der Waals surface area contributed by atoms with Crippen LogP contribution in [0.25, 0.3) is 5.69 Å². The molecule has 0 spiro atoms. The van der Waals surface area contributed by atoms with E-state index in [1.165, 1.54) is 12.4 Å². The summed E-state index contributed by atoms with van der Waals surface area (Å²) in [6, 6.07) is 11.8. The highest BCUT2D eigenvalue weighted by Gasteiger charge is 2.26. The number of ether oxygens (including phenoxy) is 1. The second-order valence-corrected chi connectivity index (χ2v) is 7.28. The van der Waals surface area contributed by atoms with Crippen LogP contribution < -0.4 is 10.1 Å². The van der Waals surface area contributed by atoms with Crippen molar-refractivity contribution >= 4 is 5.91 Å². The number of aromatic nitrogens is 4. The molecular weight excluding hydrogens is 380 g/mol. The summed E-state index contributed by atoms with van der Waals surface area (Å²) >= 11 is 0. The van der Waals surface area contributed by atoms with E-state index in [1.54, 1.807) is 10.9 Å². The third kappa shape index (κ3) is 4.15. The smallest absolute Gasteiger partial charge is 0.254 e. The minimum absolute atomic E-state index is 0.0375. The molecular formula is C22H22N6O2. The van der Waals surface area contributed by atoms with Crippen LogP contribution in [0, 0.1) is 18.3 Å². The SMILES string of the molecule is Cc1c(C(=O)NC2CCC(Oc3nccnc3C#N)CC2)cnn1-c1ccccc1. The minimum Gasteiger partial charge on any atom is -0.472 e. The molecule has 8 heteroatoms. The van der Waals surface area contributed by atoms with E-state index in [1.807, 2.05) is 43.3 Å². The van der Waals surface area contributed by atoms with Crippen LogP contribution in [0.2, 0.25) is 0 Å². The van der Waals surface area contributed by atoms with E-state index in [0.29, 0.717) is 5.56 Å². The van der Waals surface area contributed by atoms with Gasteiger partial charge in [0.05, 0.1) is 23.1 Å². The van der Waals surface area contributed by atoms with Gasteiger partial charge in [-0.2, -0.15) is 10.4 Å². The van der Waals surface area contributed by atoms with Crippen LogP contribution in [0.3, 0.4) is 0 Å². The molecule has 0 saturated heterocycles. The maximum absolute atomic E-state index is 12.8. The van der Waals surface area contributed by atoms with Gasteiger partial charge in [-0.1, -0.05) is 18.2 Å². The van der Waals surface area contributed by atoms with Crippen LogP contribution in [0.15, 0.2) is 48.9 Å². The van der Waals surface area contributed by atoms with Crippen molar-refractivity contribution in [1.29, 1.82) is 5.26 Å². The molecule has 152 valence electrons. The molecule has 1 N–H and O–H groups in total. The van der Waals surface area contributed by atoms with E-state index in [2.05, 4.69) is 20.4 Å². The number of hydrogen-bond donors (Lipinski definition) is 1. The molecule has 2 aromatic heterocycles. The molecule has 1 amide bonds. The zero-order chi connectivity index (χ0) is 20.9. The summed E-state index contributed by atoms with van der Waals surface area (Å²) in [6.45, 7) is 1.90. The number of nitriles is 1. The van der Waals surface area contributed by atoms with Crippen LogP contribution in [-0.4, -0.2) is 37.8 Å². The summed E-state index contributed by atoms with van der Waals surface area (Å²) in [5.41, 5.74) is 2.50. The molecule has 0 atom stereocenters. The lowest BCUT2D eigenvalue weighted by Gasteiger charge is -2.29. The van der Waals surface area contributed by atoms with E-state index in [9.17, 15) is 4.79 Å². The van der Waals surface area contributed by atoms with Gasteiger partial charge in [-0.25, -0.2) is 14.6 Å². The van der Waals surface area contributed by atoms with Crippen molar-refractivity contribution in [3.63, 3.8) is 0 Å². The Kier molecular flexibility index (Phi) is 5.70. The molecule has 1 fully saturated rings. The standard InChI is InChI=1S/C22H22N6O2/c1-15-19(14-26-28(15)17-5-3-2-4-6-17)21(29)27-16-7-9-18(10-8-16)30-22-20(13-23)24-11-12-25-22/h2-6,11-12,14,16,18H,7-10H2,1H3,(H,27,29). The van der Waals surface area contributed by atoms with Crippen molar-refractivity contribution < 1.29 is 9.53 Å². The molecule has 1 saturated carbocycles. The third-order valence-electron chi connectivity index (χ3n) is 5.31. The first-order valence-corrected chi connectivity index (χ1v) is 9.94. The molecule has 0 bridgehead atoms. The fourth-order valence-corrected chi connectivity index (χ4v) is 3.70. The first kappa shape index (κ1) is 19.6. The summed E-state index contributed by atoms with van der Waals surface area (Å²) < 4.78 is 7.64. The van der Waals surface area contributed by atoms with Gasteiger partial charge in [-0.05, 0) is 44.7 Å². The lowest BCUT2D eigenvalue weighted by atomic mass is 9.92. The zero-order valence-electron chi connectivity index (χ0n) is 16.7. The van der Waals surface area contributed by atoms with Gasteiger partial charge in [-0.3, -0.25) is 4.79 Å². The summed E-state index contributed by atoms with van der Waals surface area (Å²) in [7, 11) is 0.